The molecule has 1 heterocycles. The molecule has 0 N–H and O–H groups in total. The van der Waals surface area contributed by atoms with Gasteiger partial charge in [-0.1, -0.05) is 0 Å². The maximum absolute atomic E-state index is 2.48. The van der Waals surface area contributed by atoms with Gasteiger partial charge in [0.1, 0.15) is 0 Å². The number of hydrogen-bond acceptors (Lipinski definition) is 1. The van der Waals surface area contributed by atoms with Crippen molar-refractivity contribution in [3.63, 3.8) is 0 Å². The topological polar surface area (TPSA) is 0 Å². The molecular formula is C9H16SSn. The van der Waals surface area contributed by atoms with Crippen LogP contribution in [0.2, 0.25) is 9.88 Å². The fourth-order valence-electron chi connectivity index (χ4n) is 1.35. The van der Waals surface area contributed by atoms with Gasteiger partial charge in [0.05, 0.1) is 0 Å². The zero-order valence-electron chi connectivity index (χ0n) is 7.77. The van der Waals surface area contributed by atoms with Gasteiger partial charge in [0.2, 0.25) is 0 Å². The van der Waals surface area contributed by atoms with Crippen LogP contribution in [0.5, 0.6) is 0 Å². The Hall–Kier alpha value is 0.499. The third kappa shape index (κ3) is 2.22. The zero-order chi connectivity index (χ0) is 8.43. The van der Waals surface area contributed by atoms with Crippen LogP contribution < -0.4 is 2.89 Å². The SMILES string of the molecule is CCc1cc(C)s[c]1[SnH]([CH3])[CH3]. The Morgan fingerprint density at radius 2 is 2.09 bits per heavy atom. The standard InChI is InChI=1S/C7H9S.2CH3.Sn.H/c1-3-7-4-6(2)8-5-7;;;;/h4H,3H2,1-2H3;2*1H3;;. The molecule has 0 bridgehead atoms. The fraction of sp³-hybridized carbons (Fsp3) is 0.556. The first-order valence-electron chi connectivity index (χ1n) is 4.24. The van der Waals surface area contributed by atoms with Gasteiger partial charge in [0.25, 0.3) is 0 Å². The van der Waals surface area contributed by atoms with Crippen LogP contribution in [0.25, 0.3) is 0 Å². The van der Waals surface area contributed by atoms with E-state index in [0.29, 0.717) is 0 Å². The van der Waals surface area contributed by atoms with Crippen LogP contribution >= 0.6 is 11.3 Å². The quantitative estimate of drug-likeness (QED) is 0.726. The molecule has 0 unspecified atom stereocenters. The van der Waals surface area contributed by atoms with Crippen LogP contribution in [0.15, 0.2) is 6.07 Å². The molecule has 0 spiro atoms. The minimum absolute atomic E-state index is 1.18. The van der Waals surface area contributed by atoms with E-state index in [1.807, 2.05) is 11.3 Å². The van der Waals surface area contributed by atoms with E-state index in [0.717, 1.165) is 0 Å². The molecule has 2 heteroatoms. The summed E-state index contributed by atoms with van der Waals surface area (Å²) in [7, 11) is 0. The van der Waals surface area contributed by atoms with Gasteiger partial charge in [-0.3, -0.25) is 0 Å². The van der Waals surface area contributed by atoms with Crippen molar-refractivity contribution in [3.8, 4) is 0 Å². The van der Waals surface area contributed by atoms with Crippen molar-refractivity contribution in [2.45, 2.75) is 30.1 Å². The van der Waals surface area contributed by atoms with Crippen LogP contribution in [0, 0.1) is 6.92 Å². The molecule has 0 aliphatic rings. The average Bonchev–Trinajstić information content (AvgIpc) is 2.30. The summed E-state index contributed by atoms with van der Waals surface area (Å²) in [5, 5.41) is 0. The fourth-order valence-corrected chi connectivity index (χ4v) is 9.01. The summed E-state index contributed by atoms with van der Waals surface area (Å²) in [5.74, 6) is 0. The molecule has 0 saturated heterocycles. The van der Waals surface area contributed by atoms with E-state index in [1.54, 1.807) is 8.46 Å². The van der Waals surface area contributed by atoms with E-state index >= 15 is 0 Å². The normalized spacial score (nSPS) is 11.0. The Labute approximate surface area is 80.4 Å². The van der Waals surface area contributed by atoms with E-state index in [4.69, 9.17) is 0 Å². The summed E-state index contributed by atoms with van der Waals surface area (Å²) in [6, 6.07) is 2.37. The van der Waals surface area contributed by atoms with Crippen molar-refractivity contribution in [3.05, 3.63) is 16.5 Å². The molecule has 0 aromatic carbocycles. The van der Waals surface area contributed by atoms with E-state index in [-0.39, 0.29) is 0 Å². The first-order valence-corrected chi connectivity index (χ1v) is 13.3. The molecule has 11 heavy (non-hydrogen) atoms. The summed E-state index contributed by atoms with van der Waals surface area (Å²) in [6.45, 7) is 4.49. The first-order chi connectivity index (χ1) is 5.15. The second-order valence-corrected chi connectivity index (χ2v) is 14.0. The van der Waals surface area contributed by atoms with E-state index in [2.05, 4.69) is 29.8 Å². The molecule has 0 nitrogen and oxygen atoms in total. The van der Waals surface area contributed by atoms with Crippen LogP contribution in [-0.4, -0.2) is 19.8 Å². The number of aryl methyl sites for hydroxylation is 2. The number of rotatable bonds is 2. The first kappa shape index (κ1) is 9.59. The summed E-state index contributed by atoms with van der Waals surface area (Å²) in [5.41, 5.74) is 1.64. The van der Waals surface area contributed by atoms with E-state index < -0.39 is 19.8 Å². The second kappa shape index (κ2) is 3.94. The summed E-state index contributed by atoms with van der Waals surface area (Å²) in [4.78, 5) is 6.46. The Balaban J connectivity index is 3.02. The van der Waals surface area contributed by atoms with Gasteiger partial charge in [-0.2, -0.15) is 0 Å². The van der Waals surface area contributed by atoms with Gasteiger partial charge < -0.3 is 0 Å². The Kier molecular flexibility index (Phi) is 3.44. The predicted molar refractivity (Wildman–Crippen MR) is 56.9 cm³/mol. The van der Waals surface area contributed by atoms with Crippen LogP contribution in [0.4, 0.5) is 0 Å². The van der Waals surface area contributed by atoms with Gasteiger partial charge in [-0.15, -0.1) is 0 Å². The molecule has 1 aromatic rings. The average molecular weight is 275 g/mol. The van der Waals surface area contributed by atoms with Crippen molar-refractivity contribution in [1.29, 1.82) is 0 Å². The predicted octanol–water partition coefficient (Wildman–Crippen LogP) is 2.31. The van der Waals surface area contributed by atoms with E-state index in [9.17, 15) is 0 Å². The van der Waals surface area contributed by atoms with Gasteiger partial charge in [-0.25, -0.2) is 0 Å². The van der Waals surface area contributed by atoms with Crippen LogP contribution in [-0.2, 0) is 6.42 Å². The summed E-state index contributed by atoms with van der Waals surface area (Å²) in [6.07, 6.45) is 1.23. The number of hydrogen-bond donors (Lipinski definition) is 0. The van der Waals surface area contributed by atoms with Crippen molar-refractivity contribution >= 4 is 34.0 Å². The second-order valence-electron chi connectivity index (χ2n) is 3.25. The van der Waals surface area contributed by atoms with E-state index in [1.165, 1.54) is 11.3 Å². The minimum atomic E-state index is -1.18. The Bertz CT molecular complexity index is 238. The van der Waals surface area contributed by atoms with Crippen molar-refractivity contribution in [2.24, 2.45) is 0 Å². The van der Waals surface area contributed by atoms with Gasteiger partial charge in [0, 0.05) is 0 Å². The van der Waals surface area contributed by atoms with Gasteiger partial charge in [-0.05, 0) is 0 Å². The summed E-state index contributed by atoms with van der Waals surface area (Å²) >= 11 is 0.857. The Morgan fingerprint density at radius 3 is 2.45 bits per heavy atom. The molecule has 0 radical (unpaired) electrons. The molecule has 0 amide bonds. The third-order valence-electron chi connectivity index (χ3n) is 1.87. The molecule has 0 saturated carbocycles. The molecule has 1 rings (SSSR count). The molecule has 0 aliphatic heterocycles. The van der Waals surface area contributed by atoms with Crippen LogP contribution in [0.3, 0.4) is 0 Å². The van der Waals surface area contributed by atoms with Crippen molar-refractivity contribution in [1.82, 2.24) is 0 Å². The molecule has 62 valence electrons. The molecule has 0 atom stereocenters. The molecule has 0 fully saturated rings. The van der Waals surface area contributed by atoms with Gasteiger partial charge >= 0.3 is 80.6 Å². The Morgan fingerprint density at radius 1 is 1.45 bits per heavy atom. The molecule has 0 aliphatic carbocycles. The molecular weight excluding hydrogens is 259 g/mol. The van der Waals surface area contributed by atoms with Crippen LogP contribution in [0.1, 0.15) is 17.4 Å². The maximum atomic E-state index is 2.48. The third-order valence-corrected chi connectivity index (χ3v) is 11.0. The van der Waals surface area contributed by atoms with Crippen molar-refractivity contribution < 1.29 is 0 Å². The summed E-state index contributed by atoms with van der Waals surface area (Å²) < 4.78 is 1.78. The molecule has 1 aromatic heterocycles. The number of thiophene rings is 1. The van der Waals surface area contributed by atoms with Crippen molar-refractivity contribution in [2.75, 3.05) is 0 Å². The van der Waals surface area contributed by atoms with Gasteiger partial charge in [0.15, 0.2) is 0 Å². The monoisotopic (exact) mass is 276 g/mol. The zero-order valence-corrected chi connectivity index (χ0v) is 11.9.